The Labute approximate surface area is 93.7 Å². The molecule has 3 heterocycles. The number of hydrogen-bond donors (Lipinski definition) is 0. The first-order valence-electron chi connectivity index (χ1n) is 4.06. The Balaban J connectivity index is 2.60. The predicted octanol–water partition coefficient (Wildman–Crippen LogP) is 1.98. The van der Waals surface area contributed by atoms with Crippen molar-refractivity contribution in [1.82, 2.24) is 24.6 Å². The highest BCUT2D eigenvalue weighted by atomic mass is 35.5. The van der Waals surface area contributed by atoms with Gasteiger partial charge in [0.1, 0.15) is 11.8 Å². The Morgan fingerprint density at radius 1 is 1.20 bits per heavy atom. The fraction of sp³-hybridized carbons (Fsp3) is 0. The van der Waals surface area contributed by atoms with Crippen molar-refractivity contribution in [3.63, 3.8) is 0 Å². The molecule has 15 heavy (non-hydrogen) atoms. The van der Waals surface area contributed by atoms with Gasteiger partial charge in [-0.05, 0) is 6.07 Å². The smallest absolute Gasteiger partial charge is 0.200 e. The molecule has 0 spiro atoms. The summed E-state index contributed by atoms with van der Waals surface area (Å²) in [6.45, 7) is 0. The normalized spacial score (nSPS) is 11.3. The molecule has 0 atom stereocenters. The van der Waals surface area contributed by atoms with Crippen molar-refractivity contribution in [2.45, 2.75) is 0 Å². The van der Waals surface area contributed by atoms with Gasteiger partial charge in [-0.15, -0.1) is 10.2 Å². The van der Waals surface area contributed by atoms with Gasteiger partial charge in [0.15, 0.2) is 16.4 Å². The second-order valence-electron chi connectivity index (χ2n) is 2.92. The van der Waals surface area contributed by atoms with Crippen molar-refractivity contribution in [2.75, 3.05) is 0 Å². The highest BCUT2D eigenvalue weighted by Crippen LogP contribution is 2.20. The first-order valence-corrected chi connectivity index (χ1v) is 4.82. The van der Waals surface area contributed by atoms with Crippen molar-refractivity contribution < 1.29 is 0 Å². The van der Waals surface area contributed by atoms with E-state index in [9.17, 15) is 0 Å². The molecule has 3 rings (SSSR count). The van der Waals surface area contributed by atoms with Crippen molar-refractivity contribution in [1.29, 1.82) is 0 Å². The summed E-state index contributed by atoms with van der Waals surface area (Å²) in [4.78, 5) is 8.28. The number of rotatable bonds is 0. The van der Waals surface area contributed by atoms with Crippen LogP contribution in [0.3, 0.4) is 0 Å². The van der Waals surface area contributed by atoms with Gasteiger partial charge in [-0.1, -0.05) is 23.2 Å². The average Bonchev–Trinajstić information content (AvgIpc) is 2.66. The molecule has 0 bridgehead atoms. The van der Waals surface area contributed by atoms with Crippen LogP contribution >= 0.6 is 23.2 Å². The molecule has 3 aromatic rings. The second-order valence-corrected chi connectivity index (χ2v) is 3.72. The molecule has 0 aliphatic heterocycles. The minimum absolute atomic E-state index is 0.282. The Morgan fingerprint density at radius 2 is 2.07 bits per heavy atom. The highest BCUT2D eigenvalue weighted by Gasteiger charge is 2.09. The van der Waals surface area contributed by atoms with E-state index >= 15 is 0 Å². The predicted molar refractivity (Wildman–Crippen MR) is 56.1 cm³/mol. The molecule has 0 saturated carbocycles. The van der Waals surface area contributed by atoms with Gasteiger partial charge >= 0.3 is 0 Å². The lowest BCUT2D eigenvalue weighted by Gasteiger charge is -2.00. The van der Waals surface area contributed by atoms with Crippen LogP contribution in [0.5, 0.6) is 0 Å². The summed E-state index contributed by atoms with van der Waals surface area (Å²) in [6.07, 6.45) is 3.07. The summed E-state index contributed by atoms with van der Waals surface area (Å²) in [5, 5.41) is 8.38. The lowest BCUT2D eigenvalue weighted by molar-refractivity contribution is 1.10. The van der Waals surface area contributed by atoms with Gasteiger partial charge in [-0.3, -0.25) is 4.40 Å². The third-order valence-corrected chi connectivity index (χ3v) is 2.45. The van der Waals surface area contributed by atoms with E-state index in [1.165, 1.54) is 6.33 Å². The maximum atomic E-state index is 5.92. The first kappa shape index (κ1) is 8.82. The van der Waals surface area contributed by atoms with Gasteiger partial charge in [0.25, 0.3) is 0 Å². The first-order chi connectivity index (χ1) is 7.25. The van der Waals surface area contributed by atoms with Crippen LogP contribution in [0.4, 0.5) is 0 Å². The molecule has 7 heteroatoms. The van der Waals surface area contributed by atoms with Crippen LogP contribution in [0.15, 0.2) is 18.6 Å². The molecule has 74 valence electrons. The van der Waals surface area contributed by atoms with Crippen LogP contribution < -0.4 is 0 Å². The van der Waals surface area contributed by atoms with Crippen LogP contribution in [-0.4, -0.2) is 24.6 Å². The molecule has 0 saturated heterocycles. The van der Waals surface area contributed by atoms with Crippen molar-refractivity contribution in [3.05, 3.63) is 28.8 Å². The molecule has 0 fully saturated rings. The molecule has 0 radical (unpaired) electrons. The molecule has 3 aromatic heterocycles. The van der Waals surface area contributed by atoms with E-state index in [1.54, 1.807) is 16.7 Å². The zero-order valence-electron chi connectivity index (χ0n) is 7.22. The summed E-state index contributed by atoms with van der Waals surface area (Å²) in [6, 6.07) is 1.69. The molecular weight excluding hydrogens is 237 g/mol. The lowest BCUT2D eigenvalue weighted by Crippen LogP contribution is -1.94. The van der Waals surface area contributed by atoms with Crippen LogP contribution in [0.1, 0.15) is 0 Å². The third-order valence-electron chi connectivity index (χ3n) is 1.99. The Morgan fingerprint density at radius 3 is 2.93 bits per heavy atom. The zero-order valence-corrected chi connectivity index (χ0v) is 8.74. The molecular formula is C8H3Cl2N5. The fourth-order valence-corrected chi connectivity index (χ4v) is 1.75. The Bertz CT molecular complexity index is 662. The number of nitrogens with zero attached hydrogens (tertiary/aromatic N) is 5. The maximum Gasteiger partial charge on any atom is 0.200 e. The van der Waals surface area contributed by atoms with E-state index in [4.69, 9.17) is 23.2 Å². The molecule has 0 aliphatic rings. The highest BCUT2D eigenvalue weighted by molar-refractivity contribution is 6.33. The van der Waals surface area contributed by atoms with E-state index in [2.05, 4.69) is 20.2 Å². The Hall–Kier alpha value is -1.46. The Kier molecular flexibility index (Phi) is 1.77. The SMILES string of the molecule is Clc1cnc2c(c1)nc(Cl)c1nncn12. The van der Waals surface area contributed by atoms with Gasteiger partial charge < -0.3 is 0 Å². The van der Waals surface area contributed by atoms with E-state index in [0.29, 0.717) is 21.8 Å². The summed E-state index contributed by atoms with van der Waals surface area (Å²) >= 11 is 11.7. The van der Waals surface area contributed by atoms with E-state index in [-0.39, 0.29) is 5.15 Å². The molecule has 0 N–H and O–H groups in total. The van der Waals surface area contributed by atoms with Gasteiger partial charge in [0, 0.05) is 6.20 Å². The van der Waals surface area contributed by atoms with E-state index in [0.717, 1.165) is 0 Å². The molecule has 0 aromatic carbocycles. The lowest BCUT2D eigenvalue weighted by atomic mass is 10.4. The van der Waals surface area contributed by atoms with Crippen LogP contribution in [0, 0.1) is 0 Å². The molecule has 0 unspecified atom stereocenters. The van der Waals surface area contributed by atoms with Crippen LogP contribution in [0.2, 0.25) is 10.2 Å². The number of pyridine rings is 1. The van der Waals surface area contributed by atoms with Gasteiger partial charge in [-0.2, -0.15) is 0 Å². The monoisotopic (exact) mass is 239 g/mol. The number of hydrogen-bond acceptors (Lipinski definition) is 4. The standard InChI is InChI=1S/C8H3Cl2N5/c9-4-1-5-7(11-2-4)15-3-12-14-8(15)6(10)13-5/h1-3H. The van der Waals surface area contributed by atoms with Gasteiger partial charge in [0.2, 0.25) is 0 Å². The fourth-order valence-electron chi connectivity index (χ4n) is 1.38. The van der Waals surface area contributed by atoms with Crippen molar-refractivity contribution in [3.8, 4) is 0 Å². The van der Waals surface area contributed by atoms with Gasteiger partial charge in [0.05, 0.1) is 5.02 Å². The minimum atomic E-state index is 0.282. The largest absolute Gasteiger partial charge is 0.261 e. The quantitative estimate of drug-likeness (QED) is 0.602. The minimum Gasteiger partial charge on any atom is -0.261 e. The number of fused-ring (bicyclic) bond motifs is 3. The van der Waals surface area contributed by atoms with E-state index < -0.39 is 0 Å². The molecule has 0 amide bonds. The zero-order chi connectivity index (χ0) is 10.4. The number of aromatic nitrogens is 5. The van der Waals surface area contributed by atoms with Crippen molar-refractivity contribution in [2.24, 2.45) is 0 Å². The maximum absolute atomic E-state index is 5.92. The summed E-state index contributed by atoms with van der Waals surface area (Å²) in [5.74, 6) is 0. The second kappa shape index (κ2) is 3.01. The molecule has 5 nitrogen and oxygen atoms in total. The summed E-state index contributed by atoms with van der Waals surface area (Å²) in [7, 11) is 0. The van der Waals surface area contributed by atoms with Crippen LogP contribution in [0.25, 0.3) is 16.8 Å². The topological polar surface area (TPSA) is 56.0 Å². The molecule has 0 aliphatic carbocycles. The third kappa shape index (κ3) is 1.24. The number of halogens is 2. The van der Waals surface area contributed by atoms with Crippen LogP contribution in [-0.2, 0) is 0 Å². The average molecular weight is 240 g/mol. The van der Waals surface area contributed by atoms with Gasteiger partial charge in [-0.25, -0.2) is 9.97 Å². The van der Waals surface area contributed by atoms with E-state index in [1.807, 2.05) is 0 Å². The van der Waals surface area contributed by atoms with Crippen molar-refractivity contribution >= 4 is 40.0 Å². The summed E-state index contributed by atoms with van der Waals surface area (Å²) in [5.41, 5.74) is 1.72. The summed E-state index contributed by atoms with van der Waals surface area (Å²) < 4.78 is 1.67.